The van der Waals surface area contributed by atoms with Crippen LogP contribution in [0.2, 0.25) is 0 Å². The summed E-state index contributed by atoms with van der Waals surface area (Å²) in [7, 11) is 0. The third kappa shape index (κ3) is 2.11. The summed E-state index contributed by atoms with van der Waals surface area (Å²) in [6, 6.07) is 4.96. The van der Waals surface area contributed by atoms with Crippen LogP contribution in [0.3, 0.4) is 0 Å². The molecular formula is C9H12N2O2. The van der Waals surface area contributed by atoms with Gasteiger partial charge in [-0.15, -0.1) is 0 Å². The van der Waals surface area contributed by atoms with Crippen molar-refractivity contribution in [3.8, 4) is 0 Å². The molecule has 3 N–H and O–H groups in total. The molecule has 13 heavy (non-hydrogen) atoms. The van der Waals surface area contributed by atoms with Gasteiger partial charge in [0.1, 0.15) is 5.69 Å². The summed E-state index contributed by atoms with van der Waals surface area (Å²) in [6.07, 6.45) is 0.650. The zero-order valence-corrected chi connectivity index (χ0v) is 7.40. The number of carbonyl (C=O) groups is 1. The van der Waals surface area contributed by atoms with E-state index in [-0.39, 0.29) is 6.61 Å². The molecule has 4 heteroatoms. The minimum absolute atomic E-state index is 0.206. The quantitative estimate of drug-likeness (QED) is 0.645. The highest BCUT2D eigenvalue weighted by molar-refractivity contribution is 5.71. The number of nitrogens with two attached hydrogens (primary N) is 1. The molecule has 0 unspecified atom stereocenters. The van der Waals surface area contributed by atoms with Crippen LogP contribution in [0.25, 0.3) is 0 Å². The molecule has 0 saturated carbocycles. The molecule has 1 aromatic heterocycles. The Morgan fingerprint density at radius 3 is 2.92 bits per heavy atom. The molecule has 4 nitrogen and oxygen atoms in total. The summed E-state index contributed by atoms with van der Waals surface area (Å²) in [5, 5.41) is 8.96. The van der Waals surface area contributed by atoms with Gasteiger partial charge in [-0.1, -0.05) is 6.07 Å². The molecule has 1 heterocycles. The van der Waals surface area contributed by atoms with Crippen molar-refractivity contribution in [2.24, 2.45) is 5.73 Å². The van der Waals surface area contributed by atoms with Gasteiger partial charge < -0.3 is 10.8 Å². The van der Waals surface area contributed by atoms with E-state index in [0.717, 1.165) is 0 Å². The first-order valence-electron chi connectivity index (χ1n) is 3.92. The predicted molar refractivity (Wildman–Crippen MR) is 48.2 cm³/mol. The Balaban J connectivity index is 3.08. The molecule has 0 bridgehead atoms. The van der Waals surface area contributed by atoms with Crippen LogP contribution in [0.4, 0.5) is 0 Å². The number of aliphatic hydroxyl groups is 1. The van der Waals surface area contributed by atoms with Gasteiger partial charge in [0, 0.05) is 0 Å². The summed E-state index contributed by atoms with van der Waals surface area (Å²) in [5.41, 5.74) is 5.68. The van der Waals surface area contributed by atoms with Crippen molar-refractivity contribution >= 4 is 6.29 Å². The van der Waals surface area contributed by atoms with E-state index < -0.39 is 5.54 Å². The summed E-state index contributed by atoms with van der Waals surface area (Å²) >= 11 is 0. The van der Waals surface area contributed by atoms with Gasteiger partial charge in [-0.05, 0) is 19.1 Å². The van der Waals surface area contributed by atoms with Gasteiger partial charge in [0.25, 0.3) is 0 Å². The number of aliphatic hydroxyl groups excluding tert-OH is 1. The van der Waals surface area contributed by atoms with E-state index in [0.29, 0.717) is 17.7 Å². The Bertz CT molecular complexity index is 310. The molecule has 0 fully saturated rings. The molecule has 0 spiro atoms. The molecule has 0 aliphatic heterocycles. The second kappa shape index (κ2) is 3.64. The number of carbonyl (C=O) groups excluding carboxylic acids is 1. The summed E-state index contributed by atoms with van der Waals surface area (Å²) in [4.78, 5) is 14.4. The average Bonchev–Trinajstić information content (AvgIpc) is 2.18. The number of hydrogen-bond donors (Lipinski definition) is 2. The lowest BCUT2D eigenvalue weighted by atomic mass is 10.00. The minimum Gasteiger partial charge on any atom is -0.394 e. The molecule has 0 amide bonds. The fourth-order valence-electron chi connectivity index (χ4n) is 0.916. The van der Waals surface area contributed by atoms with Crippen LogP contribution in [-0.2, 0) is 5.54 Å². The maximum Gasteiger partial charge on any atom is 0.168 e. The van der Waals surface area contributed by atoms with Crippen molar-refractivity contribution < 1.29 is 9.90 Å². The number of rotatable bonds is 3. The molecule has 1 aromatic rings. The third-order valence-corrected chi connectivity index (χ3v) is 1.80. The largest absolute Gasteiger partial charge is 0.394 e. The Morgan fingerprint density at radius 2 is 2.38 bits per heavy atom. The normalized spacial score (nSPS) is 15.0. The zero-order chi connectivity index (χ0) is 9.90. The Kier molecular flexibility index (Phi) is 2.75. The van der Waals surface area contributed by atoms with Crippen LogP contribution >= 0.6 is 0 Å². The van der Waals surface area contributed by atoms with Gasteiger partial charge in [-0.2, -0.15) is 0 Å². The molecule has 0 radical (unpaired) electrons. The molecular weight excluding hydrogens is 168 g/mol. The Morgan fingerprint density at radius 1 is 1.69 bits per heavy atom. The lowest BCUT2D eigenvalue weighted by molar-refractivity contribution is 0.111. The first kappa shape index (κ1) is 9.83. The third-order valence-electron chi connectivity index (χ3n) is 1.80. The number of pyridine rings is 1. The fraction of sp³-hybridized carbons (Fsp3) is 0.333. The van der Waals surface area contributed by atoms with Gasteiger partial charge in [0.15, 0.2) is 6.29 Å². The predicted octanol–water partition coefficient (Wildman–Crippen LogP) is 0.0603. The standard InChI is InChI=1S/C9H12N2O2/c1-9(10,6-13)8-4-2-3-7(5-12)11-8/h2-5,13H,6,10H2,1H3/t9-/m1/s1. The van der Waals surface area contributed by atoms with Gasteiger partial charge in [0.2, 0.25) is 0 Å². The Labute approximate surface area is 76.4 Å². The van der Waals surface area contributed by atoms with Crippen LogP contribution in [-0.4, -0.2) is 23.0 Å². The van der Waals surface area contributed by atoms with Gasteiger partial charge in [-0.25, -0.2) is 4.98 Å². The number of aromatic nitrogens is 1. The molecule has 1 atom stereocenters. The van der Waals surface area contributed by atoms with Gasteiger partial charge >= 0.3 is 0 Å². The lowest BCUT2D eigenvalue weighted by Crippen LogP contribution is -2.38. The molecule has 1 rings (SSSR count). The van der Waals surface area contributed by atoms with Crippen molar-refractivity contribution in [1.29, 1.82) is 0 Å². The smallest absolute Gasteiger partial charge is 0.168 e. The van der Waals surface area contributed by atoms with Crippen molar-refractivity contribution in [1.82, 2.24) is 4.98 Å². The van der Waals surface area contributed by atoms with E-state index in [4.69, 9.17) is 10.8 Å². The average molecular weight is 180 g/mol. The summed E-state index contributed by atoms with van der Waals surface area (Å²) in [5.74, 6) is 0. The maximum atomic E-state index is 10.4. The molecule has 0 aromatic carbocycles. The lowest BCUT2D eigenvalue weighted by Gasteiger charge is -2.20. The van der Waals surface area contributed by atoms with Crippen molar-refractivity contribution in [2.75, 3.05) is 6.61 Å². The van der Waals surface area contributed by atoms with Crippen LogP contribution in [0.1, 0.15) is 23.1 Å². The van der Waals surface area contributed by atoms with E-state index >= 15 is 0 Å². The topological polar surface area (TPSA) is 76.2 Å². The highest BCUT2D eigenvalue weighted by Crippen LogP contribution is 2.13. The van der Waals surface area contributed by atoms with E-state index in [1.54, 1.807) is 25.1 Å². The van der Waals surface area contributed by atoms with E-state index in [1.807, 2.05) is 0 Å². The van der Waals surface area contributed by atoms with E-state index in [2.05, 4.69) is 4.98 Å². The van der Waals surface area contributed by atoms with Crippen molar-refractivity contribution in [3.05, 3.63) is 29.6 Å². The van der Waals surface area contributed by atoms with Crippen LogP contribution < -0.4 is 5.73 Å². The summed E-state index contributed by atoms with van der Waals surface area (Å²) < 4.78 is 0. The van der Waals surface area contributed by atoms with Crippen LogP contribution in [0.5, 0.6) is 0 Å². The van der Waals surface area contributed by atoms with Crippen molar-refractivity contribution in [3.63, 3.8) is 0 Å². The van der Waals surface area contributed by atoms with Crippen LogP contribution in [0, 0.1) is 0 Å². The van der Waals surface area contributed by atoms with Gasteiger partial charge in [-0.3, -0.25) is 4.79 Å². The number of hydrogen-bond acceptors (Lipinski definition) is 4. The molecule has 0 aliphatic carbocycles. The second-order valence-corrected chi connectivity index (χ2v) is 3.14. The zero-order valence-electron chi connectivity index (χ0n) is 7.40. The highest BCUT2D eigenvalue weighted by atomic mass is 16.3. The van der Waals surface area contributed by atoms with Gasteiger partial charge in [0.05, 0.1) is 17.8 Å². The molecule has 0 aliphatic rings. The molecule has 70 valence electrons. The van der Waals surface area contributed by atoms with Crippen molar-refractivity contribution in [2.45, 2.75) is 12.5 Å². The second-order valence-electron chi connectivity index (χ2n) is 3.14. The minimum atomic E-state index is -0.890. The summed E-state index contributed by atoms with van der Waals surface area (Å²) in [6.45, 7) is 1.45. The fourth-order valence-corrected chi connectivity index (χ4v) is 0.916. The van der Waals surface area contributed by atoms with E-state index in [1.165, 1.54) is 0 Å². The first-order valence-corrected chi connectivity index (χ1v) is 3.92. The first-order chi connectivity index (χ1) is 6.10. The Hall–Kier alpha value is -1.26. The monoisotopic (exact) mass is 180 g/mol. The van der Waals surface area contributed by atoms with Crippen LogP contribution in [0.15, 0.2) is 18.2 Å². The highest BCUT2D eigenvalue weighted by Gasteiger charge is 2.21. The number of aldehydes is 1. The SMILES string of the molecule is C[C@@](N)(CO)c1cccc(C=O)n1. The number of nitrogens with zero attached hydrogens (tertiary/aromatic N) is 1. The maximum absolute atomic E-state index is 10.4. The molecule has 0 saturated heterocycles. The van der Waals surface area contributed by atoms with E-state index in [9.17, 15) is 4.79 Å².